The number of hydrogen-bond acceptors (Lipinski definition) is 4. The first-order valence-corrected chi connectivity index (χ1v) is 10.4. The summed E-state index contributed by atoms with van der Waals surface area (Å²) in [6, 6.07) is 5.14. The van der Waals surface area contributed by atoms with Gasteiger partial charge in [-0.3, -0.25) is 4.79 Å². The highest BCUT2D eigenvalue weighted by atomic mass is 35.5. The van der Waals surface area contributed by atoms with Crippen molar-refractivity contribution in [2.75, 3.05) is 19.4 Å². The summed E-state index contributed by atoms with van der Waals surface area (Å²) in [5.74, 6) is -1.30. The number of carboxylic acids is 1. The maximum absolute atomic E-state index is 13.0. The molecule has 0 radical (unpaired) electrons. The van der Waals surface area contributed by atoms with Crippen LogP contribution in [0.1, 0.15) is 57.0 Å². The topological polar surface area (TPSA) is 69.6 Å². The zero-order valence-electron chi connectivity index (χ0n) is 16.6. The van der Waals surface area contributed by atoms with Crippen LogP contribution in [0.4, 0.5) is 5.00 Å². The lowest BCUT2D eigenvalue weighted by Gasteiger charge is -2.29. The van der Waals surface area contributed by atoms with Crippen molar-refractivity contribution in [1.82, 2.24) is 4.90 Å². The number of carbonyl (C=O) groups is 2. The van der Waals surface area contributed by atoms with Gasteiger partial charge in [-0.15, -0.1) is 11.3 Å². The van der Waals surface area contributed by atoms with E-state index < -0.39 is 5.97 Å². The van der Waals surface area contributed by atoms with E-state index in [4.69, 9.17) is 11.6 Å². The van der Waals surface area contributed by atoms with Gasteiger partial charge in [0.15, 0.2) is 0 Å². The van der Waals surface area contributed by atoms with E-state index in [1.54, 1.807) is 18.2 Å². The number of benzene rings is 1. The average molecular weight is 421 g/mol. The number of carbonyl (C=O) groups excluding carboxylic acids is 1. The molecule has 2 N–H and O–H groups in total. The van der Waals surface area contributed by atoms with Crippen molar-refractivity contribution >= 4 is 39.8 Å². The van der Waals surface area contributed by atoms with E-state index in [9.17, 15) is 14.7 Å². The molecule has 0 aliphatic heterocycles. The van der Waals surface area contributed by atoms with E-state index in [0.717, 1.165) is 28.8 Å². The van der Waals surface area contributed by atoms with Crippen molar-refractivity contribution < 1.29 is 14.7 Å². The Balaban J connectivity index is 1.96. The van der Waals surface area contributed by atoms with Crippen LogP contribution in [0.5, 0.6) is 0 Å². The second-order valence-corrected chi connectivity index (χ2v) is 9.89. The summed E-state index contributed by atoms with van der Waals surface area (Å²) in [4.78, 5) is 28.0. The Hall–Kier alpha value is -1.89. The first-order valence-electron chi connectivity index (χ1n) is 9.20. The van der Waals surface area contributed by atoms with E-state index in [-0.39, 0.29) is 16.9 Å². The summed E-state index contributed by atoms with van der Waals surface area (Å²) in [7, 11) is 3.83. The molecule has 0 unspecified atom stereocenters. The first kappa shape index (κ1) is 20.8. The Morgan fingerprint density at radius 1 is 1.32 bits per heavy atom. The molecule has 0 spiro atoms. The smallest absolute Gasteiger partial charge is 0.339 e. The molecule has 0 atom stereocenters. The minimum atomic E-state index is -0.991. The second kappa shape index (κ2) is 7.85. The van der Waals surface area contributed by atoms with Crippen molar-refractivity contribution in [2.45, 2.75) is 39.7 Å². The van der Waals surface area contributed by atoms with Crippen LogP contribution in [0.15, 0.2) is 18.2 Å². The Labute approximate surface area is 174 Å². The lowest BCUT2D eigenvalue weighted by Crippen LogP contribution is -2.23. The molecule has 0 saturated heterocycles. The van der Waals surface area contributed by atoms with Crippen LogP contribution < -0.4 is 5.32 Å². The number of rotatable bonds is 5. The number of aryl methyl sites for hydroxylation is 1. The first-order chi connectivity index (χ1) is 13.1. The van der Waals surface area contributed by atoms with Crippen molar-refractivity contribution in [2.24, 2.45) is 5.41 Å². The largest absolute Gasteiger partial charge is 0.478 e. The highest BCUT2D eigenvalue weighted by Crippen LogP contribution is 2.44. The van der Waals surface area contributed by atoms with Crippen LogP contribution in [0.25, 0.3) is 0 Å². The van der Waals surface area contributed by atoms with Gasteiger partial charge in [-0.2, -0.15) is 0 Å². The molecule has 7 heteroatoms. The summed E-state index contributed by atoms with van der Waals surface area (Å²) < 4.78 is 0. The van der Waals surface area contributed by atoms with Crippen LogP contribution in [0.3, 0.4) is 0 Å². The van der Waals surface area contributed by atoms with Crippen molar-refractivity contribution in [1.29, 1.82) is 0 Å². The van der Waals surface area contributed by atoms with Gasteiger partial charge in [-0.1, -0.05) is 25.4 Å². The molecular weight excluding hydrogens is 396 g/mol. The van der Waals surface area contributed by atoms with Crippen LogP contribution in [-0.4, -0.2) is 36.0 Å². The lowest BCUT2D eigenvalue weighted by molar-refractivity contribution is 0.0696. The molecule has 0 bridgehead atoms. The summed E-state index contributed by atoms with van der Waals surface area (Å²) in [5.41, 5.74) is 2.47. The predicted molar refractivity (Wildman–Crippen MR) is 114 cm³/mol. The maximum Gasteiger partial charge on any atom is 0.339 e. The van der Waals surface area contributed by atoms with Crippen molar-refractivity contribution in [3.05, 3.63) is 50.4 Å². The number of nitrogens with one attached hydrogen (secondary N) is 1. The van der Waals surface area contributed by atoms with Gasteiger partial charge >= 0.3 is 5.97 Å². The zero-order chi connectivity index (χ0) is 20.6. The number of anilines is 1. The van der Waals surface area contributed by atoms with Gasteiger partial charge in [-0.05, 0) is 68.1 Å². The quantitative estimate of drug-likeness (QED) is 0.719. The number of carboxylic acid groups (broad SMARTS) is 1. The van der Waals surface area contributed by atoms with Crippen molar-refractivity contribution in [3.63, 3.8) is 0 Å². The molecule has 2 aromatic rings. The SMILES string of the molecule is CN(C)Cc1cc(Cl)ccc1C(=O)Nc1sc2c(c1C(=O)O)CC(C)(C)CC2. The van der Waals surface area contributed by atoms with Gasteiger partial charge < -0.3 is 15.3 Å². The minimum absolute atomic E-state index is 0.0641. The molecule has 1 aliphatic rings. The summed E-state index contributed by atoms with van der Waals surface area (Å²) in [5, 5.41) is 13.7. The number of aromatic carboxylic acids is 1. The third-order valence-corrected chi connectivity index (χ3v) is 6.46. The number of thiophene rings is 1. The van der Waals surface area contributed by atoms with Gasteiger partial charge in [0.05, 0.1) is 5.56 Å². The predicted octanol–water partition coefficient (Wildman–Crippen LogP) is 4.93. The molecule has 1 aromatic carbocycles. The maximum atomic E-state index is 13.0. The minimum Gasteiger partial charge on any atom is -0.478 e. The van der Waals surface area contributed by atoms with Crippen LogP contribution in [0, 0.1) is 5.41 Å². The van der Waals surface area contributed by atoms with Gasteiger partial charge in [0.1, 0.15) is 5.00 Å². The third-order valence-electron chi connectivity index (χ3n) is 5.01. The third kappa shape index (κ3) is 4.40. The van der Waals surface area contributed by atoms with Crippen LogP contribution in [0.2, 0.25) is 5.02 Å². The molecule has 0 fully saturated rings. The second-order valence-electron chi connectivity index (χ2n) is 8.35. The molecule has 3 rings (SSSR count). The Bertz CT molecular complexity index is 934. The highest BCUT2D eigenvalue weighted by Gasteiger charge is 2.33. The monoisotopic (exact) mass is 420 g/mol. The molecule has 150 valence electrons. The van der Waals surface area contributed by atoms with E-state index in [1.807, 2.05) is 19.0 Å². The molecule has 5 nitrogen and oxygen atoms in total. The van der Waals surface area contributed by atoms with Crippen molar-refractivity contribution in [3.8, 4) is 0 Å². The Morgan fingerprint density at radius 3 is 2.68 bits per heavy atom. The van der Waals surface area contributed by atoms with Gasteiger partial charge in [0.2, 0.25) is 0 Å². The van der Waals surface area contributed by atoms with E-state index in [0.29, 0.717) is 28.6 Å². The highest BCUT2D eigenvalue weighted by molar-refractivity contribution is 7.17. The Morgan fingerprint density at radius 2 is 2.04 bits per heavy atom. The fourth-order valence-corrected chi connectivity index (χ4v) is 5.06. The number of hydrogen-bond donors (Lipinski definition) is 2. The van der Waals surface area contributed by atoms with Gasteiger partial charge in [0.25, 0.3) is 5.91 Å². The van der Waals surface area contributed by atoms with Crippen LogP contribution in [-0.2, 0) is 19.4 Å². The Kier molecular flexibility index (Phi) is 5.84. The van der Waals surface area contributed by atoms with E-state index >= 15 is 0 Å². The molecule has 0 saturated carbocycles. The summed E-state index contributed by atoms with van der Waals surface area (Å²) >= 11 is 7.49. The zero-order valence-corrected chi connectivity index (χ0v) is 18.1. The number of fused-ring (bicyclic) bond motifs is 1. The standard InChI is InChI=1S/C21H25ClN2O3S/c1-21(2)8-7-16-15(10-21)17(20(26)27)19(28-16)23-18(25)14-6-5-13(22)9-12(14)11-24(3)4/h5-6,9H,7-8,10-11H2,1-4H3,(H,23,25)(H,26,27). The number of amides is 1. The van der Waals surface area contributed by atoms with E-state index in [1.165, 1.54) is 11.3 Å². The molecule has 1 amide bonds. The van der Waals surface area contributed by atoms with Gasteiger partial charge in [0, 0.05) is 22.0 Å². The lowest BCUT2D eigenvalue weighted by atomic mass is 9.76. The van der Waals surface area contributed by atoms with Crippen LogP contribution >= 0.6 is 22.9 Å². The normalized spacial score (nSPS) is 15.4. The molecule has 1 heterocycles. The average Bonchev–Trinajstić information content (AvgIpc) is 2.90. The van der Waals surface area contributed by atoms with E-state index in [2.05, 4.69) is 19.2 Å². The fraction of sp³-hybridized carbons (Fsp3) is 0.429. The number of nitrogens with zero attached hydrogens (tertiary/aromatic N) is 1. The molecule has 1 aromatic heterocycles. The fourth-order valence-electron chi connectivity index (χ4n) is 3.66. The molecular formula is C21H25ClN2O3S. The molecule has 1 aliphatic carbocycles. The summed E-state index contributed by atoms with van der Waals surface area (Å²) in [6.45, 7) is 4.86. The summed E-state index contributed by atoms with van der Waals surface area (Å²) in [6.07, 6.45) is 2.57. The van der Waals surface area contributed by atoms with Gasteiger partial charge in [-0.25, -0.2) is 4.79 Å². The number of halogens is 1. The molecule has 28 heavy (non-hydrogen) atoms.